The molecule has 0 aliphatic heterocycles. The lowest BCUT2D eigenvalue weighted by Gasteiger charge is -2.30. The van der Waals surface area contributed by atoms with Crippen molar-refractivity contribution in [3.05, 3.63) is 73.0 Å². The van der Waals surface area contributed by atoms with Gasteiger partial charge in [0.2, 0.25) is 0 Å². The molecule has 0 unspecified atom stereocenters. The highest BCUT2D eigenvalue weighted by molar-refractivity contribution is 7.93. The second kappa shape index (κ2) is 6.20. The van der Waals surface area contributed by atoms with Crippen LogP contribution in [0.3, 0.4) is 0 Å². The van der Waals surface area contributed by atoms with Gasteiger partial charge in [0, 0.05) is 0 Å². The van der Waals surface area contributed by atoms with Crippen LogP contribution in [-0.2, 0) is 9.84 Å². The van der Waals surface area contributed by atoms with Crippen molar-refractivity contribution in [2.24, 2.45) is 0 Å². The highest BCUT2D eigenvalue weighted by Gasteiger charge is 2.50. The average molecular weight is 328 g/mol. The molecule has 0 radical (unpaired) electrons. The molecule has 1 saturated carbocycles. The molecule has 0 atom stereocenters. The first-order valence-electron chi connectivity index (χ1n) is 7.78. The summed E-state index contributed by atoms with van der Waals surface area (Å²) in [5.41, 5.74) is 0. The van der Waals surface area contributed by atoms with Gasteiger partial charge in [-0.25, -0.2) is 8.42 Å². The molecule has 0 aromatic heterocycles. The Morgan fingerprint density at radius 1 is 0.913 bits per heavy atom. The third-order valence-corrected chi connectivity index (χ3v) is 7.03. The van der Waals surface area contributed by atoms with E-state index in [1.807, 2.05) is 36.4 Å². The highest BCUT2D eigenvalue weighted by Crippen LogP contribution is 2.45. The van der Waals surface area contributed by atoms with Gasteiger partial charge in [-0.2, -0.15) is 0 Å². The molecule has 4 heteroatoms. The first-order chi connectivity index (χ1) is 11.1. The maximum absolute atomic E-state index is 13.2. The molecule has 2 aromatic rings. The lowest BCUT2D eigenvalue weighted by molar-refractivity contribution is 0.358. The van der Waals surface area contributed by atoms with Crippen LogP contribution in [0.2, 0.25) is 0 Å². The monoisotopic (exact) mass is 328 g/mol. The molecular formula is C19H20O3S. The molecule has 1 aliphatic carbocycles. The molecule has 0 amide bonds. The van der Waals surface area contributed by atoms with Gasteiger partial charge >= 0.3 is 0 Å². The van der Waals surface area contributed by atoms with Gasteiger partial charge in [-0.1, -0.05) is 55.8 Å². The summed E-state index contributed by atoms with van der Waals surface area (Å²) in [6, 6.07) is 17.8. The van der Waals surface area contributed by atoms with Gasteiger partial charge in [0.25, 0.3) is 0 Å². The second-order valence-electron chi connectivity index (χ2n) is 5.86. The minimum absolute atomic E-state index is 0.324. The van der Waals surface area contributed by atoms with E-state index in [1.165, 1.54) is 0 Å². The Labute approximate surface area is 137 Å². The molecule has 1 fully saturated rings. The number of benzene rings is 2. The Balaban J connectivity index is 1.98. The zero-order valence-corrected chi connectivity index (χ0v) is 13.8. The number of para-hydroxylation sites is 1. The molecule has 120 valence electrons. The van der Waals surface area contributed by atoms with Crippen LogP contribution in [-0.4, -0.2) is 13.2 Å². The van der Waals surface area contributed by atoms with Crippen LogP contribution in [0.5, 0.6) is 5.75 Å². The average Bonchev–Trinajstić information content (AvgIpc) is 3.08. The van der Waals surface area contributed by atoms with Crippen molar-refractivity contribution < 1.29 is 13.2 Å². The van der Waals surface area contributed by atoms with Crippen LogP contribution in [0.4, 0.5) is 0 Å². The first kappa shape index (κ1) is 15.8. The fourth-order valence-corrected chi connectivity index (χ4v) is 5.33. The molecule has 0 N–H and O–H groups in total. The standard InChI is InChI=1S/C19H20O3S/c1-16(22-17-10-4-2-5-11-17)19(14-8-9-15-19)23(20,21)18-12-6-3-7-13-18/h2-7,10-13H,1,8-9,14-15H2. The predicted molar refractivity (Wildman–Crippen MR) is 91.0 cm³/mol. The van der Waals surface area contributed by atoms with Crippen LogP contribution in [0.1, 0.15) is 25.7 Å². The van der Waals surface area contributed by atoms with Crippen LogP contribution in [0.15, 0.2) is 77.9 Å². The Hall–Kier alpha value is -2.07. The lowest BCUT2D eigenvalue weighted by Crippen LogP contribution is -2.39. The number of hydrogen-bond donors (Lipinski definition) is 0. The zero-order chi connectivity index (χ0) is 16.3. The summed E-state index contributed by atoms with van der Waals surface area (Å²) in [6.45, 7) is 3.99. The highest BCUT2D eigenvalue weighted by atomic mass is 32.2. The second-order valence-corrected chi connectivity index (χ2v) is 8.12. The van der Waals surface area contributed by atoms with Crippen molar-refractivity contribution >= 4 is 9.84 Å². The van der Waals surface area contributed by atoms with E-state index < -0.39 is 14.6 Å². The summed E-state index contributed by atoms with van der Waals surface area (Å²) in [5, 5.41) is 0. The molecule has 3 rings (SSSR count). The molecule has 1 aliphatic rings. The van der Waals surface area contributed by atoms with Crippen LogP contribution < -0.4 is 4.74 Å². The summed E-state index contributed by atoms with van der Waals surface area (Å²) >= 11 is 0. The van der Waals surface area contributed by atoms with E-state index in [2.05, 4.69) is 6.58 Å². The molecule has 0 heterocycles. The Morgan fingerprint density at radius 2 is 1.43 bits per heavy atom. The van der Waals surface area contributed by atoms with E-state index in [1.54, 1.807) is 24.3 Å². The van der Waals surface area contributed by atoms with Gasteiger partial charge in [-0.3, -0.25) is 0 Å². The minimum Gasteiger partial charge on any atom is -0.461 e. The van der Waals surface area contributed by atoms with Gasteiger partial charge in [-0.15, -0.1) is 0 Å². The molecule has 23 heavy (non-hydrogen) atoms. The van der Waals surface area contributed by atoms with Crippen LogP contribution in [0.25, 0.3) is 0 Å². The summed E-state index contributed by atoms with van der Waals surface area (Å²) in [6.07, 6.45) is 2.83. The topological polar surface area (TPSA) is 43.4 Å². The van der Waals surface area contributed by atoms with Gasteiger partial charge in [0.15, 0.2) is 9.84 Å². The number of ether oxygens (including phenoxy) is 1. The van der Waals surface area contributed by atoms with Crippen molar-refractivity contribution in [2.45, 2.75) is 35.3 Å². The van der Waals surface area contributed by atoms with Gasteiger partial charge in [0.05, 0.1) is 4.90 Å². The van der Waals surface area contributed by atoms with E-state index in [0.717, 1.165) is 12.8 Å². The van der Waals surface area contributed by atoms with Crippen molar-refractivity contribution in [3.8, 4) is 5.75 Å². The van der Waals surface area contributed by atoms with E-state index in [9.17, 15) is 8.42 Å². The molecule has 0 spiro atoms. The minimum atomic E-state index is -3.54. The first-order valence-corrected chi connectivity index (χ1v) is 9.27. The normalized spacial score (nSPS) is 16.9. The fraction of sp³-hybridized carbons (Fsp3) is 0.263. The van der Waals surface area contributed by atoms with Crippen LogP contribution in [0, 0.1) is 0 Å². The summed E-state index contributed by atoms with van der Waals surface area (Å²) in [7, 11) is -3.54. The fourth-order valence-electron chi connectivity index (χ4n) is 3.19. The summed E-state index contributed by atoms with van der Waals surface area (Å²) in [4.78, 5) is 0.333. The molecule has 3 nitrogen and oxygen atoms in total. The van der Waals surface area contributed by atoms with E-state index in [-0.39, 0.29) is 0 Å². The predicted octanol–water partition coefficient (Wildman–Crippen LogP) is 4.37. The van der Waals surface area contributed by atoms with Gasteiger partial charge < -0.3 is 4.74 Å². The van der Waals surface area contributed by atoms with Crippen molar-refractivity contribution in [3.63, 3.8) is 0 Å². The molecule has 0 bridgehead atoms. The lowest BCUT2D eigenvalue weighted by atomic mass is 10.1. The van der Waals surface area contributed by atoms with E-state index in [0.29, 0.717) is 29.2 Å². The Morgan fingerprint density at radius 3 is 2.00 bits per heavy atom. The smallest absolute Gasteiger partial charge is 0.191 e. The SMILES string of the molecule is C=C(Oc1ccccc1)C1(S(=O)(=O)c2ccccc2)CCCC1. The van der Waals surface area contributed by atoms with Crippen molar-refractivity contribution in [1.29, 1.82) is 0 Å². The summed E-state index contributed by atoms with van der Waals surface area (Å²) < 4.78 is 31.3. The van der Waals surface area contributed by atoms with Crippen molar-refractivity contribution in [2.75, 3.05) is 0 Å². The van der Waals surface area contributed by atoms with Crippen LogP contribution >= 0.6 is 0 Å². The maximum atomic E-state index is 13.2. The van der Waals surface area contributed by atoms with E-state index >= 15 is 0 Å². The number of sulfone groups is 1. The molecule has 2 aromatic carbocycles. The largest absolute Gasteiger partial charge is 0.461 e. The quantitative estimate of drug-likeness (QED) is 0.766. The Kier molecular flexibility index (Phi) is 4.26. The molecular weight excluding hydrogens is 308 g/mol. The Bertz CT molecular complexity index is 774. The van der Waals surface area contributed by atoms with Crippen molar-refractivity contribution in [1.82, 2.24) is 0 Å². The number of hydrogen-bond acceptors (Lipinski definition) is 3. The summed E-state index contributed by atoms with van der Waals surface area (Å²) in [5.74, 6) is 0.942. The zero-order valence-electron chi connectivity index (χ0n) is 12.9. The third-order valence-electron chi connectivity index (χ3n) is 4.47. The third kappa shape index (κ3) is 2.79. The van der Waals surface area contributed by atoms with Gasteiger partial charge in [-0.05, 0) is 37.1 Å². The molecule has 0 saturated heterocycles. The number of rotatable bonds is 5. The van der Waals surface area contributed by atoms with E-state index in [4.69, 9.17) is 4.74 Å². The van der Waals surface area contributed by atoms with Gasteiger partial charge in [0.1, 0.15) is 16.3 Å². The maximum Gasteiger partial charge on any atom is 0.191 e.